The fourth-order valence-corrected chi connectivity index (χ4v) is 3.31. The lowest BCUT2D eigenvalue weighted by Gasteiger charge is -2.36. The second kappa shape index (κ2) is 8.98. The van der Waals surface area contributed by atoms with E-state index in [0.29, 0.717) is 18.4 Å². The Bertz CT molecular complexity index is 806. The first-order chi connectivity index (χ1) is 13.1. The van der Waals surface area contributed by atoms with Gasteiger partial charge in [0, 0.05) is 39.4 Å². The quantitative estimate of drug-likeness (QED) is 0.581. The van der Waals surface area contributed by atoms with Crippen LogP contribution in [0.4, 0.5) is 5.95 Å². The third kappa shape index (κ3) is 4.65. The SMILES string of the molecule is CN=C(NCc1ncccc1C)N1CCN(c2ncc(Br)c(OC)n2)CC1. The van der Waals surface area contributed by atoms with Crippen LogP contribution in [0.2, 0.25) is 0 Å². The molecule has 1 aliphatic rings. The van der Waals surface area contributed by atoms with E-state index in [1.807, 2.05) is 19.3 Å². The smallest absolute Gasteiger partial charge is 0.232 e. The maximum absolute atomic E-state index is 5.27. The summed E-state index contributed by atoms with van der Waals surface area (Å²) >= 11 is 3.39. The van der Waals surface area contributed by atoms with E-state index >= 15 is 0 Å². The van der Waals surface area contributed by atoms with Crippen molar-refractivity contribution in [3.05, 3.63) is 40.3 Å². The molecule has 3 rings (SSSR count). The molecule has 9 heteroatoms. The zero-order valence-electron chi connectivity index (χ0n) is 15.8. The van der Waals surface area contributed by atoms with E-state index < -0.39 is 0 Å². The minimum absolute atomic E-state index is 0.547. The minimum atomic E-state index is 0.547. The first-order valence-electron chi connectivity index (χ1n) is 8.80. The summed E-state index contributed by atoms with van der Waals surface area (Å²) in [4.78, 5) is 22.1. The maximum Gasteiger partial charge on any atom is 0.232 e. The standard InChI is InChI=1S/C18H24BrN7O/c1-13-5-4-6-21-15(13)12-23-17(20-2)25-7-9-26(10-8-25)18-22-11-14(19)16(24-18)27-3/h4-6,11H,7-10,12H2,1-3H3,(H,20,23). The van der Waals surface area contributed by atoms with Crippen LogP contribution < -0.4 is 15.0 Å². The topological polar surface area (TPSA) is 78.8 Å². The van der Waals surface area contributed by atoms with Gasteiger partial charge < -0.3 is 19.9 Å². The van der Waals surface area contributed by atoms with Crippen molar-refractivity contribution in [2.45, 2.75) is 13.5 Å². The van der Waals surface area contributed by atoms with Crippen molar-refractivity contribution in [1.29, 1.82) is 0 Å². The van der Waals surface area contributed by atoms with Crippen molar-refractivity contribution < 1.29 is 4.74 Å². The monoisotopic (exact) mass is 433 g/mol. The van der Waals surface area contributed by atoms with E-state index in [9.17, 15) is 0 Å². The van der Waals surface area contributed by atoms with Crippen molar-refractivity contribution in [2.24, 2.45) is 4.99 Å². The molecular weight excluding hydrogens is 410 g/mol. The molecular formula is C18H24BrN7O. The molecule has 8 nitrogen and oxygen atoms in total. The number of nitrogens with one attached hydrogen (secondary N) is 1. The van der Waals surface area contributed by atoms with E-state index in [2.05, 4.69) is 64.0 Å². The summed E-state index contributed by atoms with van der Waals surface area (Å²) in [6.07, 6.45) is 3.54. The predicted octanol–water partition coefficient (Wildman–Crippen LogP) is 1.85. The van der Waals surface area contributed by atoms with Crippen LogP contribution in [-0.2, 0) is 6.54 Å². The molecule has 0 radical (unpaired) electrons. The van der Waals surface area contributed by atoms with E-state index in [1.54, 1.807) is 13.3 Å². The minimum Gasteiger partial charge on any atom is -0.480 e. The van der Waals surface area contributed by atoms with Crippen molar-refractivity contribution in [3.63, 3.8) is 0 Å². The first kappa shape index (κ1) is 19.3. The molecule has 1 saturated heterocycles. The van der Waals surface area contributed by atoms with Gasteiger partial charge in [0.25, 0.3) is 0 Å². The summed E-state index contributed by atoms with van der Waals surface area (Å²) in [7, 11) is 3.41. The number of pyridine rings is 1. The summed E-state index contributed by atoms with van der Waals surface area (Å²) in [6.45, 7) is 6.03. The predicted molar refractivity (Wildman–Crippen MR) is 109 cm³/mol. The van der Waals surface area contributed by atoms with Crippen LogP contribution in [0, 0.1) is 6.92 Å². The van der Waals surface area contributed by atoms with Gasteiger partial charge in [0.2, 0.25) is 11.8 Å². The highest BCUT2D eigenvalue weighted by molar-refractivity contribution is 9.10. The van der Waals surface area contributed by atoms with E-state index in [0.717, 1.165) is 42.3 Å². The van der Waals surface area contributed by atoms with Crippen molar-refractivity contribution in [2.75, 3.05) is 45.2 Å². The molecule has 1 fully saturated rings. The van der Waals surface area contributed by atoms with Crippen LogP contribution >= 0.6 is 15.9 Å². The van der Waals surface area contributed by atoms with Gasteiger partial charge in [0.1, 0.15) is 0 Å². The average molecular weight is 434 g/mol. The number of nitrogens with zero attached hydrogens (tertiary/aromatic N) is 6. The molecule has 0 aliphatic carbocycles. The second-order valence-corrected chi connectivity index (χ2v) is 7.02. The molecule has 144 valence electrons. The van der Waals surface area contributed by atoms with Gasteiger partial charge in [0.05, 0.1) is 30.0 Å². The Balaban J connectivity index is 1.58. The van der Waals surface area contributed by atoms with Crippen LogP contribution in [0.15, 0.2) is 34.0 Å². The number of aliphatic imine (C=N–C) groups is 1. The van der Waals surface area contributed by atoms with Crippen LogP contribution in [0.1, 0.15) is 11.3 Å². The normalized spacial score (nSPS) is 15.0. The summed E-state index contributed by atoms with van der Waals surface area (Å²) in [6, 6.07) is 4.02. The molecule has 0 aromatic carbocycles. The molecule has 0 bridgehead atoms. The van der Waals surface area contributed by atoms with E-state index in [4.69, 9.17) is 4.74 Å². The Morgan fingerprint density at radius 3 is 2.74 bits per heavy atom. The fourth-order valence-electron chi connectivity index (χ4n) is 2.95. The third-order valence-electron chi connectivity index (χ3n) is 4.50. The fraction of sp³-hybridized carbons (Fsp3) is 0.444. The van der Waals surface area contributed by atoms with Crippen LogP contribution in [0.25, 0.3) is 0 Å². The molecule has 1 N–H and O–H groups in total. The zero-order valence-corrected chi connectivity index (χ0v) is 17.4. The summed E-state index contributed by atoms with van der Waals surface area (Å²) in [5.74, 6) is 2.11. The number of aromatic nitrogens is 3. The van der Waals surface area contributed by atoms with E-state index in [1.165, 1.54) is 5.56 Å². The zero-order chi connectivity index (χ0) is 19.2. The van der Waals surface area contributed by atoms with Crippen LogP contribution in [-0.4, -0.2) is 66.1 Å². The van der Waals surface area contributed by atoms with Gasteiger partial charge in [-0.2, -0.15) is 4.98 Å². The molecule has 0 unspecified atom stereocenters. The number of aryl methyl sites for hydroxylation is 1. The molecule has 2 aromatic heterocycles. The highest BCUT2D eigenvalue weighted by Gasteiger charge is 2.22. The van der Waals surface area contributed by atoms with Crippen LogP contribution in [0.5, 0.6) is 5.88 Å². The third-order valence-corrected chi connectivity index (χ3v) is 5.04. The highest BCUT2D eigenvalue weighted by atomic mass is 79.9. The van der Waals surface area contributed by atoms with Gasteiger partial charge >= 0.3 is 0 Å². The maximum atomic E-state index is 5.27. The Labute approximate surface area is 167 Å². The molecule has 0 atom stereocenters. The Hall–Kier alpha value is -2.42. The Morgan fingerprint density at radius 2 is 2.07 bits per heavy atom. The van der Waals surface area contributed by atoms with Crippen molar-refractivity contribution in [3.8, 4) is 5.88 Å². The van der Waals surface area contributed by atoms with E-state index in [-0.39, 0.29) is 0 Å². The van der Waals surface area contributed by atoms with Gasteiger partial charge in [-0.05, 0) is 34.5 Å². The molecule has 2 aromatic rings. The highest BCUT2D eigenvalue weighted by Crippen LogP contribution is 2.23. The number of hydrogen-bond donors (Lipinski definition) is 1. The van der Waals surface area contributed by atoms with Gasteiger partial charge in [-0.1, -0.05) is 6.07 Å². The molecule has 1 aliphatic heterocycles. The lowest BCUT2D eigenvalue weighted by atomic mass is 10.2. The Morgan fingerprint density at radius 1 is 1.30 bits per heavy atom. The molecule has 3 heterocycles. The van der Waals surface area contributed by atoms with Crippen LogP contribution in [0.3, 0.4) is 0 Å². The number of ether oxygens (including phenoxy) is 1. The summed E-state index contributed by atoms with van der Waals surface area (Å²) in [5.41, 5.74) is 2.21. The average Bonchev–Trinajstić information content (AvgIpc) is 2.70. The summed E-state index contributed by atoms with van der Waals surface area (Å²) in [5, 5.41) is 3.41. The number of guanidine groups is 1. The lowest BCUT2D eigenvalue weighted by molar-refractivity contribution is 0.366. The van der Waals surface area contributed by atoms with Gasteiger partial charge in [-0.15, -0.1) is 0 Å². The molecule has 27 heavy (non-hydrogen) atoms. The Kier molecular flexibility index (Phi) is 6.44. The molecule has 0 spiro atoms. The number of methoxy groups -OCH3 is 1. The largest absolute Gasteiger partial charge is 0.480 e. The second-order valence-electron chi connectivity index (χ2n) is 6.17. The number of anilines is 1. The summed E-state index contributed by atoms with van der Waals surface area (Å²) < 4.78 is 6.02. The van der Waals surface area contributed by atoms with Crippen molar-refractivity contribution in [1.82, 2.24) is 25.2 Å². The van der Waals surface area contributed by atoms with Crippen molar-refractivity contribution >= 4 is 27.8 Å². The number of halogens is 1. The number of piperazine rings is 1. The van der Waals surface area contributed by atoms with Gasteiger partial charge in [-0.25, -0.2) is 4.98 Å². The number of rotatable bonds is 4. The molecule has 0 saturated carbocycles. The lowest BCUT2D eigenvalue weighted by Crippen LogP contribution is -2.52. The first-order valence-corrected chi connectivity index (χ1v) is 9.59. The number of hydrogen-bond acceptors (Lipinski definition) is 6. The molecule has 0 amide bonds. The van der Waals surface area contributed by atoms with Gasteiger partial charge in [-0.3, -0.25) is 9.98 Å². The van der Waals surface area contributed by atoms with Gasteiger partial charge in [0.15, 0.2) is 5.96 Å².